The lowest BCUT2D eigenvalue weighted by Crippen LogP contribution is -2.45. The van der Waals surface area contributed by atoms with Crippen LogP contribution in [-0.2, 0) is 23.7 Å². The maximum atomic E-state index is 13.1. The first kappa shape index (κ1) is 28.1. The van der Waals surface area contributed by atoms with Crippen molar-refractivity contribution >= 4 is 5.91 Å². The lowest BCUT2D eigenvalue weighted by Gasteiger charge is -2.26. The minimum atomic E-state index is -4.95. The number of halogens is 6. The van der Waals surface area contributed by atoms with Crippen LogP contribution >= 0.6 is 0 Å². The second kappa shape index (κ2) is 11.5. The molecule has 5 nitrogen and oxygen atoms in total. The van der Waals surface area contributed by atoms with E-state index in [1.54, 1.807) is 6.08 Å². The van der Waals surface area contributed by atoms with Gasteiger partial charge in [-0.15, -0.1) is 0 Å². The average molecular weight is 542 g/mol. The molecule has 0 bridgehead atoms. The molecule has 2 aliphatic rings. The summed E-state index contributed by atoms with van der Waals surface area (Å²) in [5.74, 6) is -0.199. The molecule has 1 fully saturated rings. The van der Waals surface area contributed by atoms with Gasteiger partial charge in [0.05, 0.1) is 11.1 Å². The molecular formula is C27H29F6N3O2. The number of alkyl halides is 6. The number of rotatable bonds is 8. The molecule has 2 aromatic rings. The van der Waals surface area contributed by atoms with Crippen molar-refractivity contribution in [2.24, 2.45) is 5.92 Å². The summed E-state index contributed by atoms with van der Waals surface area (Å²) in [6.45, 7) is 2.76. The van der Waals surface area contributed by atoms with Crippen LogP contribution < -0.4 is 5.32 Å². The summed E-state index contributed by atoms with van der Waals surface area (Å²) < 4.78 is 78.7. The predicted octanol–water partition coefficient (Wildman–Crippen LogP) is 4.29. The van der Waals surface area contributed by atoms with E-state index < -0.39 is 42.0 Å². The van der Waals surface area contributed by atoms with Crippen LogP contribution in [0.4, 0.5) is 26.3 Å². The Kier molecular flexibility index (Phi) is 8.49. The number of nitrogens with zero attached hydrogens (tertiary/aromatic N) is 2. The molecular weight excluding hydrogens is 512 g/mol. The molecule has 0 spiro atoms. The Hall–Kier alpha value is -2.89. The lowest BCUT2D eigenvalue weighted by molar-refractivity contribution is -0.143. The molecule has 0 saturated carbocycles. The van der Waals surface area contributed by atoms with Gasteiger partial charge >= 0.3 is 12.4 Å². The maximum absolute atomic E-state index is 13.1. The van der Waals surface area contributed by atoms with E-state index in [1.165, 1.54) is 0 Å². The molecule has 2 N–H and O–H groups in total. The summed E-state index contributed by atoms with van der Waals surface area (Å²) >= 11 is 0. The van der Waals surface area contributed by atoms with E-state index in [1.807, 2.05) is 41.3 Å². The molecule has 1 saturated heterocycles. The van der Waals surface area contributed by atoms with Gasteiger partial charge in [-0.25, -0.2) is 0 Å². The number of aliphatic hydroxyl groups excluding tert-OH is 1. The molecule has 0 aromatic heterocycles. The van der Waals surface area contributed by atoms with Crippen molar-refractivity contribution in [2.75, 3.05) is 39.3 Å². The summed E-state index contributed by atoms with van der Waals surface area (Å²) in [5, 5.41) is 12.3. The van der Waals surface area contributed by atoms with Crippen molar-refractivity contribution in [1.29, 1.82) is 0 Å². The fraction of sp³-hybridized carbons (Fsp3) is 0.444. The summed E-state index contributed by atoms with van der Waals surface area (Å²) in [4.78, 5) is 17.0. The Morgan fingerprint density at radius 1 is 0.947 bits per heavy atom. The van der Waals surface area contributed by atoms with Gasteiger partial charge in [0.25, 0.3) is 0 Å². The number of carbonyl (C=O) groups excluding carboxylic acids is 1. The summed E-state index contributed by atoms with van der Waals surface area (Å²) in [5.41, 5.74) is -1.95. The molecule has 0 aliphatic carbocycles. The van der Waals surface area contributed by atoms with E-state index in [0.717, 1.165) is 12.1 Å². The molecule has 2 aromatic carbocycles. The first-order chi connectivity index (χ1) is 18.0. The van der Waals surface area contributed by atoms with E-state index in [0.29, 0.717) is 38.3 Å². The molecule has 4 rings (SSSR count). The maximum Gasteiger partial charge on any atom is 0.416 e. The zero-order chi connectivity index (χ0) is 27.5. The monoisotopic (exact) mass is 541 g/mol. The van der Waals surface area contributed by atoms with Crippen LogP contribution in [0.2, 0.25) is 0 Å². The van der Waals surface area contributed by atoms with Crippen LogP contribution in [0.5, 0.6) is 0 Å². The Labute approximate surface area is 216 Å². The highest BCUT2D eigenvalue weighted by Crippen LogP contribution is 2.36. The quantitative estimate of drug-likeness (QED) is 0.387. The van der Waals surface area contributed by atoms with Crippen molar-refractivity contribution in [3.8, 4) is 0 Å². The molecule has 11 heteroatoms. The molecule has 38 heavy (non-hydrogen) atoms. The number of benzene rings is 2. The minimum absolute atomic E-state index is 0.0643. The first-order valence-corrected chi connectivity index (χ1v) is 12.3. The molecule has 2 unspecified atom stereocenters. The van der Waals surface area contributed by atoms with E-state index in [4.69, 9.17) is 0 Å². The third-order valence-corrected chi connectivity index (χ3v) is 7.12. The fourth-order valence-corrected chi connectivity index (χ4v) is 5.14. The van der Waals surface area contributed by atoms with Gasteiger partial charge in [-0.1, -0.05) is 42.5 Å². The lowest BCUT2D eigenvalue weighted by atomic mass is 9.90. The second-order valence-corrected chi connectivity index (χ2v) is 9.72. The van der Waals surface area contributed by atoms with Crippen LogP contribution in [0, 0.1) is 5.92 Å². The van der Waals surface area contributed by atoms with E-state index in [9.17, 15) is 36.2 Å². The zero-order valence-electron chi connectivity index (χ0n) is 20.5. The second-order valence-electron chi connectivity index (χ2n) is 9.72. The molecule has 2 heterocycles. The van der Waals surface area contributed by atoms with Crippen LogP contribution in [0.15, 0.2) is 60.7 Å². The molecule has 2 aliphatic heterocycles. The average Bonchev–Trinajstić information content (AvgIpc) is 3.52. The van der Waals surface area contributed by atoms with Crippen molar-refractivity contribution in [1.82, 2.24) is 15.1 Å². The van der Waals surface area contributed by atoms with E-state index in [-0.39, 0.29) is 30.1 Å². The fourth-order valence-electron chi connectivity index (χ4n) is 5.14. The third-order valence-electron chi connectivity index (χ3n) is 7.12. The van der Waals surface area contributed by atoms with Crippen molar-refractivity contribution in [3.05, 3.63) is 82.9 Å². The van der Waals surface area contributed by atoms with Gasteiger partial charge in [0.15, 0.2) is 0 Å². The van der Waals surface area contributed by atoms with Crippen molar-refractivity contribution in [3.63, 3.8) is 0 Å². The van der Waals surface area contributed by atoms with Crippen LogP contribution in [-0.4, -0.2) is 66.2 Å². The highest BCUT2D eigenvalue weighted by molar-refractivity contribution is 5.84. The number of hydrogen-bond acceptors (Lipinski definition) is 4. The number of likely N-dealkylation sites (tertiary alicyclic amines) is 1. The normalized spacial score (nSPS) is 22.8. The Morgan fingerprint density at radius 2 is 1.61 bits per heavy atom. The largest absolute Gasteiger partial charge is 0.416 e. The number of carbonyl (C=O) groups is 1. The van der Waals surface area contributed by atoms with Gasteiger partial charge in [-0.05, 0) is 29.3 Å². The number of aliphatic hydroxyl groups is 1. The molecule has 0 radical (unpaired) electrons. The highest BCUT2D eigenvalue weighted by Gasteiger charge is 2.37. The number of nitrogens with one attached hydrogen (secondary N) is 1. The summed E-state index contributed by atoms with van der Waals surface area (Å²) in [7, 11) is 0. The molecule has 1 amide bonds. The van der Waals surface area contributed by atoms with Gasteiger partial charge in [0.2, 0.25) is 5.91 Å². The molecule has 3 atom stereocenters. The highest BCUT2D eigenvalue weighted by atomic mass is 19.4. The van der Waals surface area contributed by atoms with E-state index >= 15 is 0 Å². The summed E-state index contributed by atoms with van der Waals surface area (Å²) in [6, 6.07) is 10.6. The summed E-state index contributed by atoms with van der Waals surface area (Å²) in [6.07, 6.45) is -6.41. The standard InChI is InChI=1S/C27H29F6N3O2/c28-26(29,30)21-11-18(12-22(13-21)27(31,32)33)14-34-25(38)24-7-4-8-36(24)10-9-35-15-20(17-37)23(16-35)19-5-2-1-3-6-19/h1-7,11-13,20,23-24,37H,8-10,14-17H2,(H,34,38)/t20?,23?,24-/m0/s1. The molecule has 206 valence electrons. The Bertz CT molecular complexity index is 1100. The van der Waals surface area contributed by atoms with Crippen LogP contribution in [0.25, 0.3) is 0 Å². The van der Waals surface area contributed by atoms with Crippen LogP contribution in [0.3, 0.4) is 0 Å². The van der Waals surface area contributed by atoms with Gasteiger partial charge in [-0.2, -0.15) is 26.3 Å². The minimum Gasteiger partial charge on any atom is -0.396 e. The zero-order valence-corrected chi connectivity index (χ0v) is 20.5. The number of amides is 1. The number of hydrogen-bond donors (Lipinski definition) is 2. The SMILES string of the molecule is O=C(NCc1cc(C(F)(F)F)cc(C(F)(F)F)c1)[C@@H]1C=CCN1CCN1CC(CO)C(c2ccccc2)C1. The first-order valence-electron chi connectivity index (χ1n) is 12.3. The smallest absolute Gasteiger partial charge is 0.396 e. The van der Waals surface area contributed by atoms with Crippen LogP contribution in [0.1, 0.15) is 28.2 Å². The van der Waals surface area contributed by atoms with Crippen molar-refractivity contribution in [2.45, 2.75) is 30.9 Å². The third kappa shape index (κ3) is 6.75. The van der Waals surface area contributed by atoms with Gasteiger partial charge in [0.1, 0.15) is 6.04 Å². The topological polar surface area (TPSA) is 55.8 Å². The van der Waals surface area contributed by atoms with Gasteiger partial charge in [-0.3, -0.25) is 9.69 Å². The van der Waals surface area contributed by atoms with Crippen molar-refractivity contribution < 1.29 is 36.2 Å². The Balaban J connectivity index is 1.35. The van der Waals surface area contributed by atoms with Gasteiger partial charge in [0, 0.05) is 57.7 Å². The predicted molar refractivity (Wildman–Crippen MR) is 129 cm³/mol. The Morgan fingerprint density at radius 3 is 2.21 bits per heavy atom. The van der Waals surface area contributed by atoms with Gasteiger partial charge < -0.3 is 15.3 Å². The van der Waals surface area contributed by atoms with E-state index in [2.05, 4.69) is 10.2 Å².